The standard InChI is InChI=1S/C43H33IN2S2/c1-43(2)39-27-33(45(29-11-5-3-6-12-29)31-19-24-35(48-44)25-20-31)21-26-38(39)42-37-16-10-9-15-36(37)41(28-40(42)43)46(30-13-7-4-8-14-30)32-17-22-34(47)23-18-32/h3-28,47H,1-2H3. The Morgan fingerprint density at radius 1 is 0.521 bits per heavy atom. The molecule has 0 fully saturated rings. The second-order valence-corrected chi connectivity index (χ2v) is 15.1. The molecule has 1 aliphatic rings. The molecule has 0 N–H and O–H groups in total. The van der Waals surface area contributed by atoms with Crippen molar-refractivity contribution in [3.63, 3.8) is 0 Å². The Balaban J connectivity index is 1.33. The third-order valence-electron chi connectivity index (χ3n) is 9.46. The van der Waals surface area contributed by atoms with Crippen LogP contribution >= 0.6 is 42.8 Å². The van der Waals surface area contributed by atoms with Crippen LogP contribution in [0.2, 0.25) is 0 Å². The summed E-state index contributed by atoms with van der Waals surface area (Å²) in [5.41, 5.74) is 11.9. The fourth-order valence-corrected chi connectivity index (χ4v) is 8.42. The zero-order chi connectivity index (χ0) is 32.8. The molecule has 7 aromatic rings. The highest BCUT2D eigenvalue weighted by Gasteiger charge is 2.38. The number of anilines is 6. The molecule has 5 heteroatoms. The quantitative estimate of drug-likeness (QED) is 0.128. The Hall–Kier alpha value is -4.17. The summed E-state index contributed by atoms with van der Waals surface area (Å²) in [7, 11) is 1.74. The van der Waals surface area contributed by atoms with Gasteiger partial charge in [0.2, 0.25) is 0 Å². The van der Waals surface area contributed by atoms with E-state index in [4.69, 9.17) is 0 Å². The van der Waals surface area contributed by atoms with Gasteiger partial charge in [0.15, 0.2) is 0 Å². The summed E-state index contributed by atoms with van der Waals surface area (Å²) < 4.78 is 0. The molecule has 48 heavy (non-hydrogen) atoms. The molecule has 0 amide bonds. The highest BCUT2D eigenvalue weighted by atomic mass is 127. The maximum absolute atomic E-state index is 4.59. The lowest BCUT2D eigenvalue weighted by Gasteiger charge is -2.30. The minimum atomic E-state index is -0.235. The van der Waals surface area contributed by atoms with Crippen molar-refractivity contribution in [1.82, 2.24) is 0 Å². The van der Waals surface area contributed by atoms with Crippen LogP contribution in [-0.4, -0.2) is 0 Å². The molecule has 0 atom stereocenters. The van der Waals surface area contributed by atoms with Gasteiger partial charge in [-0.3, -0.25) is 0 Å². The topological polar surface area (TPSA) is 6.48 Å². The molecule has 0 saturated heterocycles. The van der Waals surface area contributed by atoms with Crippen molar-refractivity contribution in [2.75, 3.05) is 9.80 Å². The van der Waals surface area contributed by atoms with Crippen molar-refractivity contribution in [2.24, 2.45) is 0 Å². The number of fused-ring (bicyclic) bond motifs is 5. The van der Waals surface area contributed by atoms with Crippen LogP contribution in [0.15, 0.2) is 168 Å². The van der Waals surface area contributed by atoms with Crippen molar-refractivity contribution < 1.29 is 0 Å². The third-order valence-corrected chi connectivity index (χ3v) is 11.7. The molecule has 0 saturated carbocycles. The summed E-state index contributed by atoms with van der Waals surface area (Å²) in [5, 5.41) is 2.49. The van der Waals surface area contributed by atoms with Crippen LogP contribution in [-0.2, 0) is 5.41 Å². The molecular weight excluding hydrogens is 736 g/mol. The van der Waals surface area contributed by atoms with E-state index in [1.165, 1.54) is 43.6 Å². The fraction of sp³-hybridized carbons (Fsp3) is 0.0698. The first kappa shape index (κ1) is 31.1. The van der Waals surface area contributed by atoms with E-state index < -0.39 is 0 Å². The van der Waals surface area contributed by atoms with Gasteiger partial charge in [0.25, 0.3) is 0 Å². The zero-order valence-corrected chi connectivity index (χ0v) is 30.5. The van der Waals surface area contributed by atoms with Crippen LogP contribution in [0.4, 0.5) is 34.1 Å². The summed E-state index contributed by atoms with van der Waals surface area (Å²) in [6.07, 6.45) is 0. The molecule has 0 bridgehead atoms. The van der Waals surface area contributed by atoms with Gasteiger partial charge in [-0.05, 0) is 119 Å². The van der Waals surface area contributed by atoms with Crippen LogP contribution in [0.3, 0.4) is 0 Å². The monoisotopic (exact) mass is 768 g/mol. The predicted octanol–water partition coefficient (Wildman–Crippen LogP) is 13.8. The van der Waals surface area contributed by atoms with E-state index in [-0.39, 0.29) is 5.41 Å². The van der Waals surface area contributed by atoms with Gasteiger partial charge in [-0.15, -0.1) is 12.6 Å². The second-order valence-electron chi connectivity index (χ2n) is 12.6. The summed E-state index contributed by atoms with van der Waals surface area (Å²) in [6, 6.07) is 57.0. The van der Waals surface area contributed by atoms with E-state index in [1.54, 1.807) is 8.93 Å². The largest absolute Gasteiger partial charge is 0.310 e. The fourth-order valence-electron chi connectivity index (χ4n) is 7.15. The summed E-state index contributed by atoms with van der Waals surface area (Å²) >= 11 is 6.94. The van der Waals surface area contributed by atoms with Gasteiger partial charge in [-0.25, -0.2) is 0 Å². The Bertz CT molecular complexity index is 2250. The van der Waals surface area contributed by atoms with Crippen LogP contribution in [0.25, 0.3) is 21.9 Å². The van der Waals surface area contributed by atoms with E-state index in [1.807, 2.05) is 0 Å². The number of para-hydroxylation sites is 2. The van der Waals surface area contributed by atoms with E-state index >= 15 is 0 Å². The van der Waals surface area contributed by atoms with Crippen molar-refractivity contribution in [1.29, 1.82) is 0 Å². The number of halogens is 1. The van der Waals surface area contributed by atoms with E-state index in [0.717, 1.165) is 33.3 Å². The van der Waals surface area contributed by atoms with Gasteiger partial charge in [0.1, 0.15) is 0 Å². The first-order chi connectivity index (χ1) is 23.4. The Labute approximate surface area is 304 Å². The van der Waals surface area contributed by atoms with Crippen molar-refractivity contribution in [2.45, 2.75) is 29.1 Å². The van der Waals surface area contributed by atoms with Gasteiger partial charge >= 0.3 is 0 Å². The molecule has 1 aliphatic carbocycles. The van der Waals surface area contributed by atoms with Crippen LogP contribution < -0.4 is 9.80 Å². The van der Waals surface area contributed by atoms with Crippen LogP contribution in [0, 0.1) is 0 Å². The molecule has 0 aliphatic heterocycles. The molecule has 2 nitrogen and oxygen atoms in total. The highest BCUT2D eigenvalue weighted by molar-refractivity contribution is 14.2. The molecule has 0 aromatic heterocycles. The van der Waals surface area contributed by atoms with Gasteiger partial charge < -0.3 is 9.80 Å². The minimum Gasteiger partial charge on any atom is -0.310 e. The Kier molecular flexibility index (Phi) is 8.23. The van der Waals surface area contributed by atoms with E-state index in [9.17, 15) is 0 Å². The molecule has 7 aromatic carbocycles. The number of hydrogen-bond acceptors (Lipinski definition) is 4. The predicted molar refractivity (Wildman–Crippen MR) is 218 cm³/mol. The lowest BCUT2D eigenvalue weighted by atomic mass is 9.81. The number of benzene rings is 7. The van der Waals surface area contributed by atoms with Crippen LogP contribution in [0.1, 0.15) is 25.0 Å². The number of nitrogens with zero attached hydrogens (tertiary/aromatic N) is 2. The van der Waals surface area contributed by atoms with Gasteiger partial charge in [0, 0.05) is 70.2 Å². The molecule has 8 rings (SSSR count). The molecular formula is C43H33IN2S2. The maximum atomic E-state index is 4.59. The summed E-state index contributed by atoms with van der Waals surface area (Å²) in [6.45, 7) is 4.75. The first-order valence-electron chi connectivity index (χ1n) is 16.0. The minimum absolute atomic E-state index is 0.235. The average Bonchev–Trinajstić information content (AvgIpc) is 3.36. The normalized spacial score (nSPS) is 12.8. The average molecular weight is 769 g/mol. The van der Waals surface area contributed by atoms with Gasteiger partial charge in [-0.1, -0.05) is 89.5 Å². The van der Waals surface area contributed by atoms with Crippen LogP contribution in [0.5, 0.6) is 0 Å². The lowest BCUT2D eigenvalue weighted by Crippen LogP contribution is -2.18. The van der Waals surface area contributed by atoms with Crippen molar-refractivity contribution in [3.8, 4) is 11.1 Å². The van der Waals surface area contributed by atoms with Gasteiger partial charge in [-0.2, -0.15) is 0 Å². The maximum Gasteiger partial charge on any atom is 0.0543 e. The Morgan fingerprint density at radius 3 is 1.69 bits per heavy atom. The molecule has 0 heterocycles. The van der Waals surface area contributed by atoms with Crippen molar-refractivity contribution in [3.05, 3.63) is 169 Å². The molecule has 234 valence electrons. The first-order valence-corrected chi connectivity index (χ1v) is 19.8. The van der Waals surface area contributed by atoms with Crippen molar-refractivity contribution >= 4 is 87.7 Å². The highest BCUT2D eigenvalue weighted by Crippen LogP contribution is 2.55. The summed E-state index contributed by atoms with van der Waals surface area (Å²) in [4.78, 5) is 6.94. The molecule has 0 spiro atoms. The molecule has 0 unspecified atom stereocenters. The lowest BCUT2D eigenvalue weighted by molar-refractivity contribution is 0.661. The van der Waals surface area contributed by atoms with E-state index in [2.05, 4.69) is 215 Å². The number of hydrogen-bond donors (Lipinski definition) is 1. The third kappa shape index (κ3) is 5.38. The smallest absolute Gasteiger partial charge is 0.0543 e. The zero-order valence-electron chi connectivity index (χ0n) is 26.6. The summed E-state index contributed by atoms with van der Waals surface area (Å²) in [5.74, 6) is 0. The molecule has 0 radical (unpaired) electrons. The number of thiol groups is 1. The number of rotatable bonds is 7. The second kappa shape index (κ2) is 12.7. The van der Waals surface area contributed by atoms with Gasteiger partial charge in [0.05, 0.1) is 5.69 Å². The van der Waals surface area contributed by atoms with E-state index in [0.29, 0.717) is 0 Å². The SMILES string of the molecule is CC1(C)c2cc(N(c3ccccc3)c3ccc(SI)cc3)ccc2-c2c1cc(N(c1ccccc1)c1ccc(S)cc1)c1ccccc21. The Morgan fingerprint density at radius 2 is 1.04 bits per heavy atom.